The molecule has 0 saturated heterocycles. The number of carboxylic acids is 10. The second-order valence-electron chi connectivity index (χ2n) is 21.9. The minimum absolute atomic E-state index is 0. The summed E-state index contributed by atoms with van der Waals surface area (Å²) < 4.78 is 4.69. The van der Waals surface area contributed by atoms with E-state index in [4.69, 9.17) is 135 Å². The molecule has 2 aliphatic carbocycles. The normalized spacial score (nSPS) is 13.9. The molecule has 35 heteroatoms. The molecule has 0 bridgehead atoms. The summed E-state index contributed by atoms with van der Waals surface area (Å²) in [7, 11) is 9.75. The number of carbonyl (C=O) groups is 11. The molecule has 1 unspecified atom stereocenters. The second kappa shape index (κ2) is 72.8. The van der Waals surface area contributed by atoms with Crippen molar-refractivity contribution < 1.29 is 167 Å². The molecule has 5 aromatic carbocycles. The first kappa shape index (κ1) is 114. The molecule has 0 spiro atoms. The zero-order valence-electron chi connectivity index (χ0n) is 58.0. The third kappa shape index (κ3) is 72.6. The van der Waals surface area contributed by atoms with Gasteiger partial charge in [-0.05, 0) is 97.7 Å². The van der Waals surface area contributed by atoms with Crippen LogP contribution in [0.2, 0.25) is 0 Å². The Morgan fingerprint density at radius 1 is 0.438 bits per heavy atom. The van der Waals surface area contributed by atoms with Crippen LogP contribution in [-0.4, -0.2) is 146 Å². The van der Waals surface area contributed by atoms with Gasteiger partial charge in [0.1, 0.15) is 11.3 Å². The van der Waals surface area contributed by atoms with E-state index in [1.54, 1.807) is 19.1 Å². The monoisotopic (exact) mass is 2100 g/mol. The Morgan fingerprint density at radius 3 is 0.914 bits per heavy atom. The summed E-state index contributed by atoms with van der Waals surface area (Å²) in [5.74, 6) is -12.8. The van der Waals surface area contributed by atoms with E-state index in [9.17, 15) is 33.6 Å². The molecular formula is C70H96Cl4N6O22Pt3. The van der Waals surface area contributed by atoms with Crippen molar-refractivity contribution in [3.8, 4) is 5.75 Å². The molecule has 5 aromatic rings. The summed E-state index contributed by atoms with van der Waals surface area (Å²) in [6.07, 6.45) is 15.0. The van der Waals surface area contributed by atoms with Crippen LogP contribution >= 0.6 is 42.0 Å². The van der Waals surface area contributed by atoms with Gasteiger partial charge in [-0.2, -0.15) is 24.2 Å². The van der Waals surface area contributed by atoms with Gasteiger partial charge in [-0.25, -0.2) is 28.8 Å². The first-order chi connectivity index (χ1) is 47.4. The van der Waals surface area contributed by atoms with Crippen LogP contribution in [-0.2, 0) is 132 Å². The van der Waals surface area contributed by atoms with Crippen molar-refractivity contribution >= 4 is 108 Å². The van der Waals surface area contributed by atoms with Gasteiger partial charge in [0, 0.05) is 26.2 Å². The molecule has 2 aliphatic rings. The standard InChI is InChI=1S/C13H18O2.3C10H12O2.C9H8O4.2C6H12N2.C2H2Cl2O2.2C2H2O4.2ClH.2H2N.3Pt/c1-9(2)8-11-4-6-12(7-5-11)10(3)13(14)15;3*11-10(12)8-4-7-9-5-2-1-3-6-9;1-6(10)13-8-5-3-2-4-7(8)9(11)12;2*7-5-3-1-2-4-6(5)8;3*3-1(4)2(5)6;;;;;;;/h4-7,9-10H,8H2,1-3H3,(H,14,15);3*1-3,5-6H,4,7-8H2,(H,11,12);2-5H,1H3,(H,11,12);2*5-8H,1-4H2;1H,(H,5,6);2*(H,3,4)(H,5,6);2*1H;2*1H2;;;/q;;;;;2*-2;;;;;;2*-1;2*+2;+4/p-2/t;;;;;2*5-,6-;;;;;;;;;;/m.....11........../s1. The smallest absolute Gasteiger partial charge is 0.693 e. The molecular weight excluding hydrogens is 2000 g/mol. The van der Waals surface area contributed by atoms with Crippen molar-refractivity contribution in [3.05, 3.63) is 208 Å². The molecule has 0 heterocycles. The Kier molecular flexibility index (Phi) is 79.1. The average Bonchev–Trinajstić information content (AvgIpc) is 0.879. The van der Waals surface area contributed by atoms with Crippen molar-refractivity contribution in [2.75, 3.05) is 0 Å². The van der Waals surface area contributed by atoms with Crippen molar-refractivity contribution in [1.82, 2.24) is 0 Å². The molecule has 28 nitrogen and oxygen atoms in total. The maximum atomic E-state index is 10.8. The third-order valence-corrected chi connectivity index (χ3v) is 13.4. The van der Waals surface area contributed by atoms with Gasteiger partial charge in [-0.3, -0.25) is 24.0 Å². The number of ether oxygens (including phenoxy) is 1. The fourth-order valence-corrected chi connectivity index (χ4v) is 7.97. The first-order valence-electron chi connectivity index (χ1n) is 31.1. The Morgan fingerprint density at radius 2 is 0.705 bits per heavy atom. The van der Waals surface area contributed by atoms with Crippen molar-refractivity contribution in [1.29, 1.82) is 0 Å². The number of hydrogen-bond donors (Lipinski definition) is 10. The van der Waals surface area contributed by atoms with E-state index in [2.05, 4.69) is 18.6 Å². The molecule has 7 rings (SSSR count). The second-order valence-corrected chi connectivity index (χ2v) is 26.3. The van der Waals surface area contributed by atoms with Crippen LogP contribution in [0.15, 0.2) is 140 Å². The van der Waals surface area contributed by atoms with E-state index in [1.165, 1.54) is 67.0 Å². The van der Waals surface area contributed by atoms with Gasteiger partial charge in [0.15, 0.2) is 0 Å². The Hall–Kier alpha value is -6.75. The number of hydrogen-bond acceptors (Lipinski definition) is 12. The predicted octanol–water partition coefficient (Wildman–Crippen LogP) is 17.5. The summed E-state index contributed by atoms with van der Waals surface area (Å²) in [6, 6.07) is 43.3. The van der Waals surface area contributed by atoms with Crippen LogP contribution < -0.4 is 4.74 Å². The number of para-hydroxylation sites is 1. The molecule has 0 amide bonds. The van der Waals surface area contributed by atoms with E-state index >= 15 is 0 Å². The van der Waals surface area contributed by atoms with Gasteiger partial charge in [0.05, 0.1) is 5.92 Å². The van der Waals surface area contributed by atoms with Gasteiger partial charge in [0.2, 0.25) is 4.84 Å². The van der Waals surface area contributed by atoms with Crippen LogP contribution in [0.4, 0.5) is 0 Å². The number of halogens is 4. The number of alkyl halides is 2. The number of aliphatic carboxylic acids is 9. The van der Waals surface area contributed by atoms with Gasteiger partial charge in [0.25, 0.3) is 0 Å². The summed E-state index contributed by atoms with van der Waals surface area (Å²) in [5, 5.41) is 80.0. The topological polar surface area (TPSA) is 562 Å². The van der Waals surface area contributed by atoms with Crippen molar-refractivity contribution in [3.63, 3.8) is 0 Å². The third-order valence-electron chi connectivity index (χ3n) is 13.0. The minimum Gasteiger partial charge on any atom is -0.693 e. The largest absolute Gasteiger partial charge is 2.00 e. The van der Waals surface area contributed by atoms with Crippen LogP contribution in [0.25, 0.3) is 35.2 Å². The molecule has 0 radical (unpaired) electrons. The number of aryl methyl sites for hydroxylation is 3. The van der Waals surface area contributed by atoms with E-state index in [0.29, 0.717) is 5.92 Å². The van der Waals surface area contributed by atoms with E-state index in [0.717, 1.165) is 76.2 Å². The number of carbonyl (C=O) groups excluding carboxylic acids is 1. The fourth-order valence-electron chi connectivity index (χ4n) is 7.97. The van der Waals surface area contributed by atoms with Gasteiger partial charge < -0.3 is 91.0 Å². The molecule has 0 aliphatic heterocycles. The van der Waals surface area contributed by atoms with Gasteiger partial charge in [-0.15, -0.1) is 0 Å². The fraction of sp³-hybridized carbons (Fsp3) is 0.414. The zero-order valence-corrected chi connectivity index (χ0v) is 67.9. The van der Waals surface area contributed by atoms with E-state index in [1.807, 2.05) is 115 Å². The molecule has 105 heavy (non-hydrogen) atoms. The number of carboxylic acid groups (broad SMARTS) is 10. The van der Waals surface area contributed by atoms with Crippen molar-refractivity contribution in [2.24, 2.45) is 5.92 Å². The maximum absolute atomic E-state index is 10.8. The Balaban J connectivity index is -0.000000167. The number of rotatable bonds is 19. The average molecular weight is 2100 g/mol. The summed E-state index contributed by atoms with van der Waals surface area (Å²) in [4.78, 5) is 107. The first-order valence-corrected chi connectivity index (χ1v) is 37.6. The molecule has 596 valence electrons. The predicted molar refractivity (Wildman–Crippen MR) is 392 cm³/mol. The maximum Gasteiger partial charge on any atom is 2.00 e. The Bertz CT molecular complexity index is 2930. The minimum atomic E-state index is -1.82. The van der Waals surface area contributed by atoms with Crippen LogP contribution in [0.1, 0.15) is 162 Å². The zero-order chi connectivity index (χ0) is 77.8. The summed E-state index contributed by atoms with van der Waals surface area (Å²) in [5.41, 5.74) is 34.9. The van der Waals surface area contributed by atoms with Crippen LogP contribution in [0.5, 0.6) is 5.75 Å². The quantitative estimate of drug-likeness (QED) is 0.0159. The SMILES string of the molecule is CC(=O)Oc1ccccc1C(=O)O.CC(C)Cc1ccc(C(C)C(=O)O)cc1.O=C(O)C(=O)O.O=C(O)C(=O)O.O=C(O)C(Cl)Cl.O=C(O)CCCc1ccccc1.O=C(O)CCCc1ccccc1.O=C(O)CCCc1ccccc1.[Cl][Pt+2][Cl].[NH-][C@@H]1CCCC[C@H]1[NH-].[NH-][C@@H]1CCCC[C@H]1[NH-].[NH2-].[NH2-].[Pt+2].[Pt+2]. The van der Waals surface area contributed by atoms with Crippen molar-refractivity contribution in [2.45, 2.75) is 178 Å². The molecule has 18 N–H and O–H groups in total. The molecule has 5 atom stereocenters. The number of esters is 1. The van der Waals surface area contributed by atoms with Gasteiger partial charge >= 0.3 is 143 Å². The van der Waals surface area contributed by atoms with Crippen LogP contribution in [0.3, 0.4) is 0 Å². The number of nitrogens with one attached hydrogen (secondary N) is 4. The summed E-state index contributed by atoms with van der Waals surface area (Å²) in [6.45, 7) is 7.28. The summed E-state index contributed by atoms with van der Waals surface area (Å²) >= 11 is 9.08. The number of benzene rings is 5. The number of aromatic carboxylic acids is 1. The molecule has 0 aromatic heterocycles. The van der Waals surface area contributed by atoms with E-state index in [-0.39, 0.29) is 109 Å². The molecule has 2 fully saturated rings. The van der Waals surface area contributed by atoms with E-state index < -0.39 is 92.9 Å². The van der Waals surface area contributed by atoms with Crippen LogP contribution in [0, 0.1) is 5.92 Å². The molecule has 2 saturated carbocycles. The Labute approximate surface area is 667 Å². The van der Waals surface area contributed by atoms with Gasteiger partial charge in [-0.1, -0.05) is 216 Å². The number of nitrogens with two attached hydrogens (primary N) is 2.